The van der Waals surface area contributed by atoms with E-state index in [9.17, 15) is 9.59 Å². The molecule has 0 radical (unpaired) electrons. The Bertz CT molecular complexity index is 694. The summed E-state index contributed by atoms with van der Waals surface area (Å²) >= 11 is 0. The van der Waals surface area contributed by atoms with Crippen LogP contribution in [0, 0.1) is 0 Å². The van der Waals surface area contributed by atoms with Crippen molar-refractivity contribution >= 4 is 12.1 Å². The lowest BCUT2D eigenvalue weighted by molar-refractivity contribution is -0.141. The predicted octanol–water partition coefficient (Wildman–Crippen LogP) is 3.49. The van der Waals surface area contributed by atoms with Gasteiger partial charge in [-0.3, -0.25) is 4.79 Å². The highest BCUT2D eigenvalue weighted by Gasteiger charge is 2.34. The predicted molar refractivity (Wildman–Crippen MR) is 100 cm³/mol. The monoisotopic (exact) mass is 379 g/mol. The Morgan fingerprint density at radius 1 is 1.11 bits per heavy atom. The number of rotatable bonds is 5. The lowest BCUT2D eigenvalue weighted by Crippen LogP contribution is -2.43. The van der Waals surface area contributed by atoms with Gasteiger partial charge >= 0.3 is 12.1 Å². The van der Waals surface area contributed by atoms with Gasteiger partial charge in [0, 0.05) is 13.0 Å². The molecule has 0 spiro atoms. The Hall–Kier alpha value is -2.44. The third-order valence-electron chi connectivity index (χ3n) is 4.48. The number of benzene rings is 1. The minimum absolute atomic E-state index is 0.203. The summed E-state index contributed by atoms with van der Waals surface area (Å²) in [4.78, 5) is 26.1. The maximum absolute atomic E-state index is 12.8. The zero-order chi connectivity index (χ0) is 20.2. The van der Waals surface area contributed by atoms with Gasteiger partial charge in [0.15, 0.2) is 11.5 Å². The summed E-state index contributed by atoms with van der Waals surface area (Å²) in [5, 5.41) is 0. The van der Waals surface area contributed by atoms with Crippen LogP contribution in [0.3, 0.4) is 0 Å². The number of carbonyl (C=O) groups excluding carboxylic acids is 2. The lowest BCUT2D eigenvalue weighted by Gasteiger charge is -2.38. The van der Waals surface area contributed by atoms with Crippen LogP contribution >= 0.6 is 0 Å². The van der Waals surface area contributed by atoms with E-state index in [1.807, 2.05) is 32.9 Å². The number of esters is 1. The highest BCUT2D eigenvalue weighted by atomic mass is 16.6. The number of nitrogens with zero attached hydrogens (tertiary/aromatic N) is 1. The van der Waals surface area contributed by atoms with Gasteiger partial charge in [-0.15, -0.1) is 0 Å². The van der Waals surface area contributed by atoms with Crippen molar-refractivity contribution in [3.8, 4) is 11.5 Å². The quantitative estimate of drug-likeness (QED) is 0.729. The molecule has 0 fully saturated rings. The molecule has 1 amide bonds. The molecule has 1 aromatic carbocycles. The van der Waals surface area contributed by atoms with E-state index < -0.39 is 11.7 Å². The standard InChI is InChI=1S/C20H29NO6/c1-20(2,3)27-19(23)21-10-9-13-11-16(24-4)17(25-5)12-14(13)15(21)7-8-18(22)26-6/h11-12,15H,7-10H2,1-6H3/t15-/m0/s1. The van der Waals surface area contributed by atoms with E-state index in [4.69, 9.17) is 18.9 Å². The van der Waals surface area contributed by atoms with E-state index in [0.29, 0.717) is 30.9 Å². The molecular weight excluding hydrogens is 350 g/mol. The van der Waals surface area contributed by atoms with Crippen LogP contribution in [-0.4, -0.2) is 50.4 Å². The molecule has 1 heterocycles. The number of hydrogen-bond acceptors (Lipinski definition) is 6. The first-order valence-electron chi connectivity index (χ1n) is 9.01. The van der Waals surface area contributed by atoms with Crippen molar-refractivity contribution in [1.82, 2.24) is 4.90 Å². The first-order valence-corrected chi connectivity index (χ1v) is 9.01. The van der Waals surface area contributed by atoms with E-state index in [1.165, 1.54) is 7.11 Å². The van der Waals surface area contributed by atoms with E-state index in [2.05, 4.69) is 0 Å². The van der Waals surface area contributed by atoms with Gasteiger partial charge < -0.3 is 23.8 Å². The molecule has 7 heteroatoms. The molecule has 1 aliphatic heterocycles. The normalized spacial score (nSPS) is 16.4. The molecule has 0 N–H and O–H groups in total. The summed E-state index contributed by atoms with van der Waals surface area (Å²) in [6.07, 6.45) is 0.921. The topological polar surface area (TPSA) is 74.3 Å². The Labute approximate surface area is 160 Å². The molecule has 27 heavy (non-hydrogen) atoms. The number of hydrogen-bond donors (Lipinski definition) is 0. The molecule has 1 aliphatic rings. The third-order valence-corrected chi connectivity index (χ3v) is 4.48. The van der Waals surface area contributed by atoms with Gasteiger partial charge in [0.05, 0.1) is 27.4 Å². The number of amides is 1. The first kappa shape index (κ1) is 20.9. The van der Waals surface area contributed by atoms with Gasteiger partial charge in [-0.1, -0.05) is 0 Å². The summed E-state index contributed by atoms with van der Waals surface area (Å²) in [5.74, 6) is 0.922. The number of fused-ring (bicyclic) bond motifs is 1. The fourth-order valence-corrected chi connectivity index (χ4v) is 3.24. The maximum atomic E-state index is 12.8. The van der Waals surface area contributed by atoms with Gasteiger partial charge in [0.2, 0.25) is 0 Å². The van der Waals surface area contributed by atoms with Crippen molar-refractivity contribution in [3.63, 3.8) is 0 Å². The van der Waals surface area contributed by atoms with Crippen LogP contribution in [0.15, 0.2) is 12.1 Å². The van der Waals surface area contributed by atoms with E-state index >= 15 is 0 Å². The molecule has 0 saturated carbocycles. The highest BCUT2D eigenvalue weighted by molar-refractivity contribution is 5.71. The molecule has 7 nitrogen and oxygen atoms in total. The Balaban J connectivity index is 2.40. The van der Waals surface area contributed by atoms with Crippen molar-refractivity contribution in [2.24, 2.45) is 0 Å². The van der Waals surface area contributed by atoms with Crippen LogP contribution in [-0.2, 0) is 20.7 Å². The summed E-state index contributed by atoms with van der Waals surface area (Å²) < 4.78 is 21.2. The summed E-state index contributed by atoms with van der Waals surface area (Å²) in [6.45, 7) is 6.00. The van der Waals surface area contributed by atoms with Gasteiger partial charge in [-0.05, 0) is 56.9 Å². The van der Waals surface area contributed by atoms with Crippen LogP contribution in [0.1, 0.15) is 50.8 Å². The molecular formula is C20H29NO6. The summed E-state index contributed by atoms with van der Waals surface area (Å²) in [6, 6.07) is 3.51. The van der Waals surface area contributed by atoms with Gasteiger partial charge in [0.1, 0.15) is 5.60 Å². The minimum atomic E-state index is -0.595. The third kappa shape index (κ3) is 5.05. The molecule has 0 unspecified atom stereocenters. The number of ether oxygens (including phenoxy) is 4. The largest absolute Gasteiger partial charge is 0.493 e. The fraction of sp³-hybridized carbons (Fsp3) is 0.600. The molecule has 0 saturated heterocycles. The fourth-order valence-electron chi connectivity index (χ4n) is 3.24. The van der Waals surface area contributed by atoms with Gasteiger partial charge in [0.25, 0.3) is 0 Å². The van der Waals surface area contributed by atoms with Crippen molar-refractivity contribution in [1.29, 1.82) is 0 Å². The van der Waals surface area contributed by atoms with Crippen molar-refractivity contribution in [2.75, 3.05) is 27.9 Å². The second-order valence-corrected chi connectivity index (χ2v) is 7.46. The highest BCUT2D eigenvalue weighted by Crippen LogP contribution is 2.40. The van der Waals surface area contributed by atoms with E-state index in [-0.39, 0.29) is 18.4 Å². The molecule has 1 aromatic rings. The maximum Gasteiger partial charge on any atom is 0.410 e. The van der Waals surface area contributed by atoms with Crippen LogP contribution in [0.4, 0.5) is 4.79 Å². The Morgan fingerprint density at radius 3 is 2.30 bits per heavy atom. The van der Waals surface area contributed by atoms with Gasteiger partial charge in [-0.2, -0.15) is 0 Å². The zero-order valence-electron chi connectivity index (χ0n) is 17.0. The average Bonchev–Trinajstić information content (AvgIpc) is 2.62. The van der Waals surface area contributed by atoms with Crippen LogP contribution in [0.5, 0.6) is 11.5 Å². The summed E-state index contributed by atoms with van der Waals surface area (Å²) in [7, 11) is 4.52. The average molecular weight is 379 g/mol. The molecule has 0 aliphatic carbocycles. The molecule has 150 valence electrons. The zero-order valence-corrected chi connectivity index (χ0v) is 17.0. The smallest absolute Gasteiger partial charge is 0.410 e. The molecule has 2 rings (SSSR count). The number of carbonyl (C=O) groups is 2. The summed E-state index contributed by atoms with van der Waals surface area (Å²) in [5.41, 5.74) is 1.41. The second-order valence-electron chi connectivity index (χ2n) is 7.46. The molecule has 0 bridgehead atoms. The van der Waals surface area contributed by atoms with Crippen molar-refractivity contribution < 1.29 is 28.5 Å². The molecule has 0 aromatic heterocycles. The van der Waals surface area contributed by atoms with Crippen molar-refractivity contribution in [2.45, 2.75) is 51.7 Å². The Morgan fingerprint density at radius 2 is 1.74 bits per heavy atom. The number of methoxy groups -OCH3 is 3. The van der Waals surface area contributed by atoms with Gasteiger partial charge in [-0.25, -0.2) is 4.79 Å². The SMILES string of the molecule is COC(=O)CC[C@H]1c2cc(OC)c(OC)cc2CCN1C(=O)OC(C)(C)C. The Kier molecular flexibility index (Phi) is 6.57. The minimum Gasteiger partial charge on any atom is -0.493 e. The lowest BCUT2D eigenvalue weighted by atomic mass is 9.89. The molecule has 1 atom stereocenters. The van der Waals surface area contributed by atoms with E-state index in [1.54, 1.807) is 19.1 Å². The van der Waals surface area contributed by atoms with Crippen LogP contribution in [0.25, 0.3) is 0 Å². The van der Waals surface area contributed by atoms with Crippen LogP contribution in [0.2, 0.25) is 0 Å². The van der Waals surface area contributed by atoms with E-state index in [0.717, 1.165) is 11.1 Å². The van der Waals surface area contributed by atoms with Crippen molar-refractivity contribution in [3.05, 3.63) is 23.3 Å². The first-order chi connectivity index (χ1) is 12.7. The second kappa shape index (κ2) is 8.50. The van der Waals surface area contributed by atoms with Crippen LogP contribution < -0.4 is 9.47 Å².